The third-order valence-corrected chi connectivity index (χ3v) is 13.1. The molecule has 3 heterocycles. The zero-order valence-electron chi connectivity index (χ0n) is 27.2. The number of nitrogens with zero attached hydrogens (tertiary/aromatic N) is 1. The first kappa shape index (κ1) is 31.3. The van der Waals surface area contributed by atoms with Crippen LogP contribution < -0.4 is 15.8 Å². The van der Waals surface area contributed by atoms with Crippen LogP contribution in [0.5, 0.6) is 0 Å². The molecule has 232 valence electrons. The molecule has 2 aromatic carbocycles. The van der Waals surface area contributed by atoms with Gasteiger partial charge in [-0.3, -0.25) is 5.32 Å². The normalized spacial score (nSPS) is 15.4. The predicted molar refractivity (Wildman–Crippen MR) is 178 cm³/mol. The van der Waals surface area contributed by atoms with Crippen LogP contribution in [0.15, 0.2) is 33.5 Å². The van der Waals surface area contributed by atoms with E-state index in [2.05, 4.69) is 30.1 Å². The maximum Gasteiger partial charge on any atom is 0.412 e. The Balaban J connectivity index is 1.56. The molecule has 0 saturated heterocycles. The fourth-order valence-corrected chi connectivity index (χ4v) is 7.30. The molecule has 0 spiro atoms. The second kappa shape index (κ2) is 11.4. The highest BCUT2D eigenvalue weighted by atomic mass is 28.4. The third-order valence-electron chi connectivity index (χ3n) is 9.58. The zero-order chi connectivity index (χ0) is 31.3. The largest absolute Gasteiger partial charge is 0.444 e. The fraction of sp³-hybridized carbons (Fsp3) is 0.543. The van der Waals surface area contributed by atoms with Crippen molar-refractivity contribution in [2.45, 2.75) is 110 Å². The van der Waals surface area contributed by atoms with Crippen LogP contribution in [0.2, 0.25) is 18.1 Å². The van der Waals surface area contributed by atoms with Gasteiger partial charge < -0.3 is 18.8 Å². The number of hydrogen-bond donors (Lipinski definition) is 2. The molecule has 43 heavy (non-hydrogen) atoms. The van der Waals surface area contributed by atoms with Gasteiger partial charge in [0, 0.05) is 35.4 Å². The van der Waals surface area contributed by atoms with Gasteiger partial charge in [0.15, 0.2) is 8.32 Å². The first-order valence-electron chi connectivity index (χ1n) is 15.8. The molecule has 2 aliphatic rings. The molecule has 3 aromatic rings. The van der Waals surface area contributed by atoms with Crippen molar-refractivity contribution < 1.29 is 18.7 Å². The number of fused-ring (bicyclic) bond motifs is 2. The molecule has 0 aliphatic carbocycles. The van der Waals surface area contributed by atoms with E-state index < -0.39 is 20.0 Å². The summed E-state index contributed by atoms with van der Waals surface area (Å²) in [7, 11) is -2.36. The standard InChI is InChI=1S/C35H48N2O5Si/c1-22-27-21-25-13-10-18-37-19-11-14-26(30(25)37)31(27)41-32(38)29(22)24-15-16-28(36-33(39)42-34(2,3)4)23(20-24)12-9-17-35(5,6)43(7,8)40/h15-16,20-21,40H,9-14,17-19H2,1-8H3,(H,36,39). The molecule has 0 unspecified atom stereocenters. The maximum atomic E-state index is 13.7. The maximum absolute atomic E-state index is 13.7. The van der Waals surface area contributed by atoms with Crippen molar-refractivity contribution in [1.82, 2.24) is 0 Å². The van der Waals surface area contributed by atoms with Crippen molar-refractivity contribution in [3.63, 3.8) is 0 Å². The molecule has 0 fully saturated rings. The van der Waals surface area contributed by atoms with Gasteiger partial charge in [-0.15, -0.1) is 0 Å². The lowest BCUT2D eigenvalue weighted by atomic mass is 9.88. The van der Waals surface area contributed by atoms with Gasteiger partial charge in [0.25, 0.3) is 0 Å². The van der Waals surface area contributed by atoms with Gasteiger partial charge in [-0.25, -0.2) is 9.59 Å². The number of benzene rings is 2. The second-order valence-corrected chi connectivity index (χ2v) is 19.1. The minimum Gasteiger partial charge on any atom is -0.444 e. The van der Waals surface area contributed by atoms with Crippen LogP contribution in [-0.2, 0) is 24.0 Å². The Kier molecular flexibility index (Phi) is 8.33. The van der Waals surface area contributed by atoms with E-state index in [1.54, 1.807) is 0 Å². The summed E-state index contributed by atoms with van der Waals surface area (Å²) in [6.45, 7) is 17.9. The number of hydrogen-bond acceptors (Lipinski definition) is 6. The predicted octanol–water partition coefficient (Wildman–Crippen LogP) is 8.11. The van der Waals surface area contributed by atoms with Crippen molar-refractivity contribution >= 4 is 36.8 Å². The smallest absolute Gasteiger partial charge is 0.412 e. The Hall–Kier alpha value is -3.10. The highest BCUT2D eigenvalue weighted by Crippen LogP contribution is 2.43. The molecule has 2 N–H and O–H groups in total. The van der Waals surface area contributed by atoms with Crippen LogP contribution in [0.25, 0.3) is 22.1 Å². The lowest BCUT2D eigenvalue weighted by Gasteiger charge is -2.37. The Morgan fingerprint density at radius 3 is 2.47 bits per heavy atom. The van der Waals surface area contributed by atoms with E-state index in [0.717, 1.165) is 79.3 Å². The van der Waals surface area contributed by atoms with Crippen LogP contribution in [0.4, 0.5) is 16.2 Å². The molecule has 1 aromatic heterocycles. The first-order chi connectivity index (χ1) is 20.1. The SMILES string of the molecule is Cc1c(-c2ccc(NC(=O)OC(C)(C)C)c(CCCC(C)(C)[Si](C)(C)O)c2)c(=O)oc2c3c4c(cc12)CCCN4CCC3. The van der Waals surface area contributed by atoms with E-state index in [4.69, 9.17) is 9.15 Å². The molecular formula is C35H48N2O5Si. The first-order valence-corrected chi connectivity index (χ1v) is 18.7. The van der Waals surface area contributed by atoms with E-state index >= 15 is 0 Å². The number of carbonyl (C=O) groups excluding carboxylic acids is 1. The van der Waals surface area contributed by atoms with E-state index in [1.807, 2.05) is 59.0 Å². The van der Waals surface area contributed by atoms with Crippen molar-refractivity contribution in [3.05, 3.63) is 56.9 Å². The van der Waals surface area contributed by atoms with Crippen molar-refractivity contribution in [2.24, 2.45) is 0 Å². The number of ether oxygens (including phenoxy) is 1. The fourth-order valence-electron chi connectivity index (χ4n) is 6.51. The Morgan fingerprint density at radius 1 is 1.09 bits per heavy atom. The molecule has 7 nitrogen and oxygen atoms in total. The van der Waals surface area contributed by atoms with Crippen molar-refractivity contribution in [1.29, 1.82) is 0 Å². The summed E-state index contributed by atoms with van der Waals surface area (Å²) in [5.74, 6) is 0. The topological polar surface area (TPSA) is 92.0 Å². The number of aryl methyl sites for hydroxylation is 4. The summed E-state index contributed by atoms with van der Waals surface area (Å²) in [5.41, 5.74) is 7.47. The molecule has 1 amide bonds. The van der Waals surface area contributed by atoms with E-state index in [1.165, 1.54) is 16.8 Å². The Morgan fingerprint density at radius 2 is 1.79 bits per heavy atom. The van der Waals surface area contributed by atoms with Crippen LogP contribution in [-0.4, -0.2) is 37.9 Å². The number of rotatable bonds is 7. The van der Waals surface area contributed by atoms with Gasteiger partial charge in [-0.1, -0.05) is 19.9 Å². The van der Waals surface area contributed by atoms with E-state index in [9.17, 15) is 14.4 Å². The van der Waals surface area contributed by atoms with Crippen LogP contribution in [0.1, 0.15) is 82.6 Å². The molecule has 8 heteroatoms. The quantitative estimate of drug-likeness (QED) is 0.209. The molecule has 0 atom stereocenters. The number of amides is 1. The summed E-state index contributed by atoms with van der Waals surface area (Å²) < 4.78 is 11.7. The minimum absolute atomic E-state index is 0.158. The number of anilines is 2. The van der Waals surface area contributed by atoms with Crippen molar-refractivity contribution in [2.75, 3.05) is 23.3 Å². The summed E-state index contributed by atoms with van der Waals surface area (Å²) in [6, 6.07) is 8.01. The summed E-state index contributed by atoms with van der Waals surface area (Å²) in [4.78, 5) is 39.7. The third kappa shape index (κ3) is 6.41. The molecule has 2 aliphatic heterocycles. The van der Waals surface area contributed by atoms with Crippen LogP contribution in [0, 0.1) is 6.92 Å². The monoisotopic (exact) mass is 604 g/mol. The molecule has 0 bridgehead atoms. The van der Waals surface area contributed by atoms with Gasteiger partial charge in [-0.2, -0.15) is 0 Å². The summed E-state index contributed by atoms with van der Waals surface area (Å²) in [6.07, 6.45) is 6.02. The Bertz CT molecular complexity index is 1610. The highest BCUT2D eigenvalue weighted by molar-refractivity contribution is 6.72. The summed E-state index contributed by atoms with van der Waals surface area (Å²) >= 11 is 0. The van der Waals surface area contributed by atoms with Gasteiger partial charge in [0.2, 0.25) is 0 Å². The average Bonchev–Trinajstić information content (AvgIpc) is 2.89. The summed E-state index contributed by atoms with van der Waals surface area (Å²) in [5, 5.41) is 3.79. The van der Waals surface area contributed by atoms with Gasteiger partial charge in [0.05, 0.1) is 5.56 Å². The van der Waals surface area contributed by atoms with E-state index in [0.29, 0.717) is 17.7 Å². The van der Waals surface area contributed by atoms with Crippen LogP contribution in [0.3, 0.4) is 0 Å². The number of nitrogens with one attached hydrogen (secondary N) is 1. The number of carbonyl (C=O) groups is 1. The van der Waals surface area contributed by atoms with Crippen LogP contribution >= 0.6 is 0 Å². The van der Waals surface area contributed by atoms with Gasteiger partial charge in [-0.05, 0) is 131 Å². The second-order valence-electron chi connectivity index (χ2n) is 14.6. The average molecular weight is 605 g/mol. The van der Waals surface area contributed by atoms with Gasteiger partial charge in [0.1, 0.15) is 11.2 Å². The lowest BCUT2D eigenvalue weighted by molar-refractivity contribution is 0.0635. The van der Waals surface area contributed by atoms with E-state index in [-0.39, 0.29) is 10.7 Å². The van der Waals surface area contributed by atoms with Gasteiger partial charge >= 0.3 is 11.7 Å². The molecule has 5 rings (SSSR count). The molecule has 0 saturated carbocycles. The Labute approximate surface area is 256 Å². The lowest BCUT2D eigenvalue weighted by Crippen LogP contribution is -2.39. The molecule has 0 radical (unpaired) electrons. The van der Waals surface area contributed by atoms with Crippen molar-refractivity contribution in [3.8, 4) is 11.1 Å². The minimum atomic E-state index is -2.36. The highest BCUT2D eigenvalue weighted by Gasteiger charge is 2.37. The molecular weight excluding hydrogens is 556 g/mol. The zero-order valence-corrected chi connectivity index (χ0v) is 28.2.